The molecule has 1 heterocycles. The lowest BCUT2D eigenvalue weighted by Gasteiger charge is -2.06. The summed E-state index contributed by atoms with van der Waals surface area (Å²) in [6.07, 6.45) is 2.30. The monoisotopic (exact) mass is 298 g/mol. The van der Waals surface area contributed by atoms with Crippen molar-refractivity contribution in [3.63, 3.8) is 0 Å². The van der Waals surface area contributed by atoms with Crippen molar-refractivity contribution in [3.05, 3.63) is 24.0 Å². The second-order valence-electron chi connectivity index (χ2n) is 5.21. The van der Waals surface area contributed by atoms with Crippen molar-refractivity contribution in [1.82, 2.24) is 9.55 Å². The van der Waals surface area contributed by atoms with Gasteiger partial charge in [0.2, 0.25) is 0 Å². The minimum atomic E-state index is -3.28. The zero-order valence-electron chi connectivity index (χ0n) is 10.8. The van der Waals surface area contributed by atoms with Crippen LogP contribution in [0.2, 0.25) is 0 Å². The first-order valence-electron chi connectivity index (χ1n) is 6.19. The van der Waals surface area contributed by atoms with Crippen LogP contribution in [0.5, 0.6) is 0 Å². The lowest BCUT2D eigenvalue weighted by atomic mass is 10.3. The first-order chi connectivity index (χ1) is 8.93. The maximum absolute atomic E-state index is 11.8. The van der Waals surface area contributed by atoms with Crippen molar-refractivity contribution in [2.24, 2.45) is 5.92 Å². The van der Waals surface area contributed by atoms with Gasteiger partial charge in [-0.3, -0.25) is 0 Å². The number of benzene rings is 1. The number of hydrogen-bond acceptors (Lipinski definition) is 3. The van der Waals surface area contributed by atoms with Gasteiger partial charge in [-0.1, -0.05) is 13.0 Å². The number of fused-ring (bicyclic) bond motifs is 1. The van der Waals surface area contributed by atoms with Gasteiger partial charge in [-0.2, -0.15) is 0 Å². The summed E-state index contributed by atoms with van der Waals surface area (Å²) in [5, 5.41) is 0. The average Bonchev–Trinajstić information content (AvgIpc) is 2.93. The Bertz CT molecular complexity index is 751. The summed E-state index contributed by atoms with van der Waals surface area (Å²) in [5.41, 5.74) is 1.41. The van der Waals surface area contributed by atoms with E-state index in [0.29, 0.717) is 23.4 Å². The minimum absolute atomic E-state index is 0.281. The zero-order chi connectivity index (χ0) is 13.8. The van der Waals surface area contributed by atoms with Gasteiger partial charge in [0.15, 0.2) is 9.84 Å². The van der Waals surface area contributed by atoms with Gasteiger partial charge >= 0.3 is 0 Å². The van der Waals surface area contributed by atoms with Gasteiger partial charge in [0.25, 0.3) is 0 Å². The summed E-state index contributed by atoms with van der Waals surface area (Å²) < 4.78 is 25.7. The van der Waals surface area contributed by atoms with Crippen molar-refractivity contribution in [3.8, 4) is 0 Å². The SMILES string of the molecule is CC1CC1n1c(CCl)nc2c(S(C)(=O)=O)cccc21. The number of halogens is 1. The maximum Gasteiger partial charge on any atom is 0.177 e. The standard InChI is InChI=1S/C13H15ClN2O2S/c1-8-6-10(8)16-9-4-3-5-11(19(2,17)18)13(9)15-12(16)7-14/h3-5,8,10H,6-7H2,1-2H3. The van der Waals surface area contributed by atoms with Crippen LogP contribution in [0.15, 0.2) is 23.1 Å². The molecule has 0 N–H and O–H groups in total. The van der Waals surface area contributed by atoms with Crippen LogP contribution in [0.3, 0.4) is 0 Å². The van der Waals surface area contributed by atoms with Gasteiger partial charge in [-0.15, -0.1) is 11.6 Å². The largest absolute Gasteiger partial charge is 0.324 e. The fraction of sp³-hybridized carbons (Fsp3) is 0.462. The summed E-state index contributed by atoms with van der Waals surface area (Å²) in [6, 6.07) is 5.68. The lowest BCUT2D eigenvalue weighted by molar-refractivity contribution is 0.602. The van der Waals surface area contributed by atoms with Gasteiger partial charge in [0, 0.05) is 12.3 Å². The first kappa shape index (κ1) is 12.9. The van der Waals surface area contributed by atoms with Crippen molar-refractivity contribution in [2.75, 3.05) is 6.26 Å². The molecule has 6 heteroatoms. The number of para-hydroxylation sites is 1. The van der Waals surface area contributed by atoms with Crippen molar-refractivity contribution < 1.29 is 8.42 Å². The van der Waals surface area contributed by atoms with E-state index in [0.717, 1.165) is 17.8 Å². The van der Waals surface area contributed by atoms with E-state index < -0.39 is 9.84 Å². The second-order valence-corrected chi connectivity index (χ2v) is 7.46. The van der Waals surface area contributed by atoms with E-state index in [1.165, 1.54) is 6.26 Å². The highest BCUT2D eigenvalue weighted by atomic mass is 35.5. The number of alkyl halides is 1. The Morgan fingerprint density at radius 2 is 2.16 bits per heavy atom. The fourth-order valence-electron chi connectivity index (χ4n) is 2.57. The van der Waals surface area contributed by atoms with Crippen molar-refractivity contribution in [1.29, 1.82) is 0 Å². The molecule has 0 radical (unpaired) electrons. The number of aromatic nitrogens is 2. The molecule has 0 spiro atoms. The van der Waals surface area contributed by atoms with E-state index >= 15 is 0 Å². The van der Waals surface area contributed by atoms with Crippen LogP contribution in [-0.4, -0.2) is 24.2 Å². The van der Waals surface area contributed by atoms with Crippen LogP contribution in [0.4, 0.5) is 0 Å². The Hall–Kier alpha value is -1.07. The van der Waals surface area contributed by atoms with E-state index in [9.17, 15) is 8.42 Å². The summed E-state index contributed by atoms with van der Waals surface area (Å²) >= 11 is 5.96. The molecule has 1 fully saturated rings. The van der Waals surface area contributed by atoms with Crippen LogP contribution in [0.25, 0.3) is 11.0 Å². The normalized spacial score (nSPS) is 22.9. The third-order valence-electron chi connectivity index (χ3n) is 3.67. The van der Waals surface area contributed by atoms with Gasteiger partial charge in [-0.05, 0) is 24.5 Å². The van der Waals surface area contributed by atoms with E-state index in [4.69, 9.17) is 11.6 Å². The van der Waals surface area contributed by atoms with Gasteiger partial charge in [0.05, 0.1) is 16.3 Å². The Balaban J connectivity index is 2.33. The van der Waals surface area contributed by atoms with Crippen LogP contribution in [-0.2, 0) is 15.7 Å². The molecule has 1 aliphatic rings. The number of sulfone groups is 1. The molecule has 102 valence electrons. The topological polar surface area (TPSA) is 52.0 Å². The molecule has 1 saturated carbocycles. The zero-order valence-corrected chi connectivity index (χ0v) is 12.4. The predicted molar refractivity (Wildman–Crippen MR) is 75.2 cm³/mol. The highest BCUT2D eigenvalue weighted by Crippen LogP contribution is 2.45. The molecule has 0 bridgehead atoms. The number of imidazole rings is 1. The van der Waals surface area contributed by atoms with E-state index in [-0.39, 0.29) is 4.90 Å². The Labute approximate surface area is 117 Å². The summed E-state index contributed by atoms with van der Waals surface area (Å²) in [4.78, 5) is 4.73. The van der Waals surface area contributed by atoms with E-state index in [2.05, 4.69) is 16.5 Å². The predicted octanol–water partition coefficient (Wildman–Crippen LogP) is 2.76. The Kier molecular flexibility index (Phi) is 2.87. The Morgan fingerprint density at radius 1 is 1.47 bits per heavy atom. The minimum Gasteiger partial charge on any atom is -0.324 e. The quantitative estimate of drug-likeness (QED) is 0.819. The molecule has 0 aliphatic heterocycles. The van der Waals surface area contributed by atoms with Crippen LogP contribution < -0.4 is 0 Å². The van der Waals surface area contributed by atoms with Gasteiger partial charge in [0.1, 0.15) is 11.3 Å². The molecule has 19 heavy (non-hydrogen) atoms. The van der Waals surface area contributed by atoms with E-state index in [1.54, 1.807) is 12.1 Å². The number of rotatable bonds is 3. The molecular weight excluding hydrogens is 284 g/mol. The molecule has 2 aromatic rings. The van der Waals surface area contributed by atoms with Crippen LogP contribution in [0.1, 0.15) is 25.2 Å². The lowest BCUT2D eigenvalue weighted by Crippen LogP contribution is -2.01. The maximum atomic E-state index is 11.8. The summed E-state index contributed by atoms with van der Waals surface area (Å²) in [6.45, 7) is 2.18. The van der Waals surface area contributed by atoms with Crippen LogP contribution >= 0.6 is 11.6 Å². The number of nitrogens with zero attached hydrogens (tertiary/aromatic N) is 2. The van der Waals surface area contributed by atoms with Gasteiger partial charge in [-0.25, -0.2) is 13.4 Å². The van der Waals surface area contributed by atoms with Crippen molar-refractivity contribution in [2.45, 2.75) is 30.2 Å². The summed E-state index contributed by atoms with van der Waals surface area (Å²) in [5.74, 6) is 1.64. The van der Waals surface area contributed by atoms with E-state index in [1.807, 2.05) is 6.07 Å². The molecule has 1 aliphatic carbocycles. The molecule has 4 nitrogen and oxygen atoms in total. The molecule has 1 aromatic heterocycles. The van der Waals surface area contributed by atoms with Gasteiger partial charge < -0.3 is 4.57 Å². The molecule has 3 rings (SSSR count). The molecule has 2 unspecified atom stereocenters. The molecule has 0 amide bonds. The average molecular weight is 299 g/mol. The highest BCUT2D eigenvalue weighted by Gasteiger charge is 2.37. The second kappa shape index (κ2) is 4.21. The molecule has 2 atom stereocenters. The molecular formula is C13H15ClN2O2S. The fourth-order valence-corrected chi connectivity index (χ4v) is 3.58. The molecule has 0 saturated heterocycles. The third kappa shape index (κ3) is 2.05. The first-order valence-corrected chi connectivity index (χ1v) is 8.62. The third-order valence-corrected chi connectivity index (χ3v) is 5.04. The van der Waals surface area contributed by atoms with Crippen molar-refractivity contribution >= 4 is 32.5 Å². The highest BCUT2D eigenvalue weighted by molar-refractivity contribution is 7.91. The smallest absolute Gasteiger partial charge is 0.177 e. The summed E-state index contributed by atoms with van der Waals surface area (Å²) in [7, 11) is -3.28. The Morgan fingerprint density at radius 3 is 2.68 bits per heavy atom. The number of hydrogen-bond donors (Lipinski definition) is 0. The van der Waals surface area contributed by atoms with Crippen LogP contribution in [0, 0.1) is 5.92 Å². The molecule has 1 aromatic carbocycles.